The fraction of sp³-hybridized carbons (Fsp3) is 0.350. The standard InChI is InChI=1S/C20H26N2O/c1-4-22(5-2)20(23)16-21(3)15-18-13-9-10-14-19(18)17-11-7-6-8-12-17/h6-14H,4-5,15-16H2,1-3H3. The van der Waals surface area contributed by atoms with Crippen molar-refractivity contribution in [3.8, 4) is 11.1 Å². The van der Waals surface area contributed by atoms with Crippen molar-refractivity contribution in [2.45, 2.75) is 20.4 Å². The van der Waals surface area contributed by atoms with Crippen molar-refractivity contribution in [3.63, 3.8) is 0 Å². The van der Waals surface area contributed by atoms with Crippen molar-refractivity contribution in [3.05, 3.63) is 60.2 Å². The van der Waals surface area contributed by atoms with Gasteiger partial charge in [-0.15, -0.1) is 0 Å². The number of likely N-dealkylation sites (N-methyl/N-ethyl adjacent to an activating group) is 2. The Morgan fingerprint density at radius 1 is 0.913 bits per heavy atom. The molecule has 0 unspecified atom stereocenters. The highest BCUT2D eigenvalue weighted by atomic mass is 16.2. The van der Waals surface area contributed by atoms with Gasteiger partial charge in [-0.05, 0) is 37.6 Å². The van der Waals surface area contributed by atoms with E-state index in [1.807, 2.05) is 31.9 Å². The number of benzene rings is 2. The van der Waals surface area contributed by atoms with Gasteiger partial charge in [0.25, 0.3) is 0 Å². The number of hydrogen-bond donors (Lipinski definition) is 0. The Bertz CT molecular complexity index is 621. The van der Waals surface area contributed by atoms with Gasteiger partial charge in [0.15, 0.2) is 0 Å². The van der Waals surface area contributed by atoms with E-state index < -0.39 is 0 Å². The fourth-order valence-corrected chi connectivity index (χ4v) is 2.81. The number of amides is 1. The normalized spacial score (nSPS) is 10.8. The number of carbonyl (C=O) groups excluding carboxylic acids is 1. The van der Waals surface area contributed by atoms with E-state index in [4.69, 9.17) is 0 Å². The van der Waals surface area contributed by atoms with Crippen LogP contribution in [-0.4, -0.2) is 42.4 Å². The Labute approximate surface area is 139 Å². The van der Waals surface area contributed by atoms with E-state index in [0.717, 1.165) is 19.6 Å². The van der Waals surface area contributed by atoms with Crippen LogP contribution >= 0.6 is 0 Å². The van der Waals surface area contributed by atoms with Gasteiger partial charge in [0.1, 0.15) is 0 Å². The summed E-state index contributed by atoms with van der Waals surface area (Å²) in [4.78, 5) is 16.2. The molecule has 0 saturated heterocycles. The van der Waals surface area contributed by atoms with Gasteiger partial charge in [-0.25, -0.2) is 0 Å². The van der Waals surface area contributed by atoms with Gasteiger partial charge in [0.05, 0.1) is 6.54 Å². The summed E-state index contributed by atoms with van der Waals surface area (Å²) < 4.78 is 0. The summed E-state index contributed by atoms with van der Waals surface area (Å²) in [5.74, 6) is 0.190. The van der Waals surface area contributed by atoms with Crippen molar-refractivity contribution in [1.82, 2.24) is 9.80 Å². The molecule has 0 aliphatic carbocycles. The molecule has 2 rings (SSSR count). The Morgan fingerprint density at radius 3 is 2.17 bits per heavy atom. The largest absolute Gasteiger partial charge is 0.342 e. The second kappa shape index (κ2) is 8.49. The molecule has 0 saturated carbocycles. The number of nitrogens with zero attached hydrogens (tertiary/aromatic N) is 2. The minimum absolute atomic E-state index is 0.190. The maximum absolute atomic E-state index is 12.2. The first kappa shape index (κ1) is 17.2. The summed E-state index contributed by atoms with van der Waals surface area (Å²) in [5.41, 5.74) is 3.69. The zero-order valence-electron chi connectivity index (χ0n) is 14.3. The van der Waals surface area contributed by atoms with E-state index in [1.54, 1.807) is 0 Å². The lowest BCUT2D eigenvalue weighted by Gasteiger charge is -2.23. The summed E-state index contributed by atoms with van der Waals surface area (Å²) in [7, 11) is 2.00. The lowest BCUT2D eigenvalue weighted by atomic mass is 9.99. The summed E-state index contributed by atoms with van der Waals surface area (Å²) in [6.07, 6.45) is 0. The van der Waals surface area contributed by atoms with Crippen LogP contribution in [0.15, 0.2) is 54.6 Å². The van der Waals surface area contributed by atoms with E-state index in [2.05, 4.69) is 53.4 Å². The zero-order chi connectivity index (χ0) is 16.7. The van der Waals surface area contributed by atoms with Crippen LogP contribution in [0.2, 0.25) is 0 Å². The molecule has 23 heavy (non-hydrogen) atoms. The maximum atomic E-state index is 12.2. The second-order valence-electron chi connectivity index (χ2n) is 5.76. The topological polar surface area (TPSA) is 23.6 Å². The summed E-state index contributed by atoms with van der Waals surface area (Å²) >= 11 is 0. The molecule has 0 fully saturated rings. The van der Waals surface area contributed by atoms with Crippen molar-refractivity contribution < 1.29 is 4.79 Å². The van der Waals surface area contributed by atoms with Crippen LogP contribution in [0, 0.1) is 0 Å². The first-order valence-corrected chi connectivity index (χ1v) is 8.25. The van der Waals surface area contributed by atoms with Crippen molar-refractivity contribution >= 4 is 5.91 Å². The van der Waals surface area contributed by atoms with E-state index >= 15 is 0 Å². The lowest BCUT2D eigenvalue weighted by Crippen LogP contribution is -2.38. The first-order valence-electron chi connectivity index (χ1n) is 8.25. The fourth-order valence-electron chi connectivity index (χ4n) is 2.81. The van der Waals surface area contributed by atoms with E-state index in [9.17, 15) is 4.79 Å². The smallest absolute Gasteiger partial charge is 0.236 e. The quantitative estimate of drug-likeness (QED) is 0.779. The Kier molecular flexibility index (Phi) is 6.36. The number of carbonyl (C=O) groups is 1. The molecule has 0 spiro atoms. The van der Waals surface area contributed by atoms with Gasteiger partial charge < -0.3 is 4.90 Å². The SMILES string of the molecule is CCN(CC)C(=O)CN(C)Cc1ccccc1-c1ccccc1. The Morgan fingerprint density at radius 2 is 1.52 bits per heavy atom. The molecule has 2 aromatic rings. The Balaban J connectivity index is 2.10. The minimum atomic E-state index is 0.190. The zero-order valence-corrected chi connectivity index (χ0v) is 14.3. The molecule has 0 heterocycles. The molecule has 0 aromatic heterocycles. The van der Waals surface area contributed by atoms with E-state index in [1.165, 1.54) is 16.7 Å². The van der Waals surface area contributed by atoms with Crippen LogP contribution in [0.4, 0.5) is 0 Å². The monoisotopic (exact) mass is 310 g/mol. The molecule has 3 heteroatoms. The van der Waals surface area contributed by atoms with Crippen LogP contribution in [0.1, 0.15) is 19.4 Å². The molecule has 3 nitrogen and oxygen atoms in total. The number of hydrogen-bond acceptors (Lipinski definition) is 2. The molecule has 0 bridgehead atoms. The molecule has 0 N–H and O–H groups in total. The van der Waals surface area contributed by atoms with Crippen LogP contribution in [0.5, 0.6) is 0 Å². The van der Waals surface area contributed by atoms with Gasteiger partial charge in [-0.2, -0.15) is 0 Å². The third-order valence-electron chi connectivity index (χ3n) is 4.06. The highest BCUT2D eigenvalue weighted by molar-refractivity contribution is 5.78. The molecule has 0 radical (unpaired) electrons. The van der Waals surface area contributed by atoms with Crippen LogP contribution in [-0.2, 0) is 11.3 Å². The number of rotatable bonds is 7. The van der Waals surface area contributed by atoms with Gasteiger partial charge in [0, 0.05) is 19.6 Å². The average Bonchev–Trinajstić information content (AvgIpc) is 2.57. The lowest BCUT2D eigenvalue weighted by molar-refractivity contribution is -0.131. The molecule has 0 aliphatic rings. The van der Waals surface area contributed by atoms with Crippen LogP contribution in [0.3, 0.4) is 0 Å². The molecule has 1 amide bonds. The summed E-state index contributed by atoms with van der Waals surface area (Å²) in [6.45, 7) is 6.79. The third-order valence-corrected chi connectivity index (χ3v) is 4.06. The van der Waals surface area contributed by atoms with E-state index in [-0.39, 0.29) is 5.91 Å². The second-order valence-corrected chi connectivity index (χ2v) is 5.76. The van der Waals surface area contributed by atoms with Crippen molar-refractivity contribution in [2.75, 3.05) is 26.7 Å². The average molecular weight is 310 g/mol. The highest BCUT2D eigenvalue weighted by Gasteiger charge is 2.14. The molecule has 2 aromatic carbocycles. The Hall–Kier alpha value is -2.13. The van der Waals surface area contributed by atoms with Crippen LogP contribution < -0.4 is 0 Å². The third kappa shape index (κ3) is 4.67. The highest BCUT2D eigenvalue weighted by Crippen LogP contribution is 2.24. The molecule has 122 valence electrons. The van der Waals surface area contributed by atoms with Crippen LogP contribution in [0.25, 0.3) is 11.1 Å². The van der Waals surface area contributed by atoms with E-state index in [0.29, 0.717) is 6.54 Å². The van der Waals surface area contributed by atoms with Gasteiger partial charge in [-0.1, -0.05) is 54.6 Å². The summed E-state index contributed by atoms with van der Waals surface area (Å²) in [6, 6.07) is 18.8. The van der Waals surface area contributed by atoms with Gasteiger partial charge >= 0.3 is 0 Å². The minimum Gasteiger partial charge on any atom is -0.342 e. The summed E-state index contributed by atoms with van der Waals surface area (Å²) in [5, 5.41) is 0. The predicted octanol–water partition coefficient (Wildman–Crippen LogP) is 3.65. The molecular weight excluding hydrogens is 284 g/mol. The van der Waals surface area contributed by atoms with Gasteiger partial charge in [-0.3, -0.25) is 9.69 Å². The first-order chi connectivity index (χ1) is 11.2. The molecule has 0 atom stereocenters. The molecular formula is C20H26N2O. The van der Waals surface area contributed by atoms with Gasteiger partial charge in [0.2, 0.25) is 5.91 Å². The van der Waals surface area contributed by atoms with Crippen molar-refractivity contribution in [1.29, 1.82) is 0 Å². The van der Waals surface area contributed by atoms with Crippen molar-refractivity contribution in [2.24, 2.45) is 0 Å². The predicted molar refractivity (Wildman–Crippen MR) is 96.1 cm³/mol. The maximum Gasteiger partial charge on any atom is 0.236 e. The molecule has 0 aliphatic heterocycles.